The molecule has 0 amide bonds. The van der Waals surface area contributed by atoms with Gasteiger partial charge in [0.1, 0.15) is 0 Å². The van der Waals surface area contributed by atoms with Crippen LogP contribution in [0.3, 0.4) is 0 Å². The number of benzene rings is 1. The lowest BCUT2D eigenvalue weighted by Crippen LogP contribution is -2.15. The van der Waals surface area contributed by atoms with E-state index < -0.39 is 45.9 Å². The molecule has 0 saturated carbocycles. The molecule has 0 fully saturated rings. The minimum atomic E-state index is -5.02. The fraction of sp³-hybridized carbons (Fsp3) is 0.300. The summed E-state index contributed by atoms with van der Waals surface area (Å²) in [5.74, 6) is -1.52. The molecule has 0 heterocycles. The quantitative estimate of drug-likeness (QED) is 0.815. The summed E-state index contributed by atoms with van der Waals surface area (Å²) in [5.41, 5.74) is -3.69. The molecule has 0 radical (unpaired) electrons. The number of alkyl halides is 6. The van der Waals surface area contributed by atoms with E-state index in [1.165, 1.54) is 0 Å². The van der Waals surface area contributed by atoms with Crippen LogP contribution in [0.1, 0.15) is 16.7 Å². The molecule has 0 atom stereocenters. The van der Waals surface area contributed by atoms with Crippen molar-refractivity contribution in [2.45, 2.75) is 18.8 Å². The molecule has 0 aliphatic rings. The molecule has 0 bridgehead atoms. The van der Waals surface area contributed by atoms with Crippen molar-refractivity contribution in [2.24, 2.45) is 0 Å². The Hall–Kier alpha value is -1.25. The van der Waals surface area contributed by atoms with Crippen LogP contribution in [-0.2, 0) is 23.6 Å². The predicted molar refractivity (Wildman–Crippen MR) is 55.5 cm³/mol. The number of carbonyl (C=O) groups is 1. The van der Waals surface area contributed by atoms with Gasteiger partial charge in [-0.1, -0.05) is 0 Å². The highest BCUT2D eigenvalue weighted by molar-refractivity contribution is 9.10. The van der Waals surface area contributed by atoms with E-state index in [9.17, 15) is 31.1 Å². The van der Waals surface area contributed by atoms with Gasteiger partial charge in [0, 0.05) is 4.47 Å². The number of rotatable bonds is 2. The first kappa shape index (κ1) is 15.8. The Morgan fingerprint density at radius 1 is 1.05 bits per heavy atom. The maximum absolute atomic E-state index is 12.6. The zero-order valence-corrected chi connectivity index (χ0v) is 10.4. The molecule has 1 aromatic carbocycles. The van der Waals surface area contributed by atoms with Gasteiger partial charge in [-0.3, -0.25) is 4.79 Å². The molecule has 0 spiro atoms. The Bertz CT molecular complexity index is 471. The fourth-order valence-corrected chi connectivity index (χ4v) is 2.05. The summed E-state index contributed by atoms with van der Waals surface area (Å²) >= 11 is 2.27. The van der Waals surface area contributed by atoms with Gasteiger partial charge in [-0.25, -0.2) is 0 Å². The highest BCUT2D eigenvalue weighted by atomic mass is 79.9. The van der Waals surface area contributed by atoms with E-state index in [2.05, 4.69) is 15.9 Å². The van der Waals surface area contributed by atoms with Crippen LogP contribution in [0.4, 0.5) is 26.3 Å². The topological polar surface area (TPSA) is 37.3 Å². The van der Waals surface area contributed by atoms with Crippen molar-refractivity contribution in [3.05, 3.63) is 33.3 Å². The molecule has 2 nitrogen and oxygen atoms in total. The summed E-state index contributed by atoms with van der Waals surface area (Å²) in [4.78, 5) is 10.4. The average Bonchev–Trinajstić information content (AvgIpc) is 2.16. The molecule has 1 aromatic rings. The predicted octanol–water partition coefficient (Wildman–Crippen LogP) is 4.11. The number of hydrogen-bond acceptors (Lipinski definition) is 1. The second kappa shape index (κ2) is 5.03. The van der Waals surface area contributed by atoms with Crippen LogP contribution in [0.5, 0.6) is 0 Å². The molecule has 0 unspecified atom stereocenters. The van der Waals surface area contributed by atoms with E-state index in [4.69, 9.17) is 5.11 Å². The second-order valence-corrected chi connectivity index (χ2v) is 4.36. The molecule has 0 aliphatic carbocycles. The van der Waals surface area contributed by atoms with Crippen LogP contribution in [0.2, 0.25) is 0 Å². The average molecular weight is 351 g/mol. The van der Waals surface area contributed by atoms with Gasteiger partial charge in [-0.2, -0.15) is 26.3 Å². The maximum Gasteiger partial charge on any atom is 0.417 e. The lowest BCUT2D eigenvalue weighted by atomic mass is 10.0. The van der Waals surface area contributed by atoms with E-state index in [1.54, 1.807) is 0 Å². The molecule has 9 heteroatoms. The third kappa shape index (κ3) is 3.85. The van der Waals surface area contributed by atoms with E-state index in [0.29, 0.717) is 12.1 Å². The molecule has 0 aliphatic heterocycles. The Balaban J connectivity index is 3.52. The summed E-state index contributed by atoms with van der Waals surface area (Å²) < 4.78 is 74.4. The van der Waals surface area contributed by atoms with Crippen LogP contribution in [0.15, 0.2) is 16.6 Å². The monoisotopic (exact) mass is 350 g/mol. The number of aliphatic carboxylic acids is 1. The zero-order valence-electron chi connectivity index (χ0n) is 8.86. The van der Waals surface area contributed by atoms with Crippen LogP contribution in [-0.4, -0.2) is 11.1 Å². The molecule has 0 aromatic heterocycles. The van der Waals surface area contributed by atoms with E-state index in [1.807, 2.05) is 0 Å². The van der Waals surface area contributed by atoms with Crippen molar-refractivity contribution < 1.29 is 36.2 Å². The molecular weight excluding hydrogens is 346 g/mol. The van der Waals surface area contributed by atoms with Crippen molar-refractivity contribution in [1.29, 1.82) is 0 Å². The van der Waals surface area contributed by atoms with Gasteiger partial charge in [-0.15, -0.1) is 0 Å². The highest BCUT2D eigenvalue weighted by Crippen LogP contribution is 2.43. The zero-order chi connectivity index (χ0) is 15.0. The van der Waals surface area contributed by atoms with E-state index >= 15 is 0 Å². The molecule has 0 saturated heterocycles. The molecular formula is C10H5BrF6O2. The van der Waals surface area contributed by atoms with Crippen LogP contribution >= 0.6 is 15.9 Å². The first-order valence-electron chi connectivity index (χ1n) is 4.61. The van der Waals surface area contributed by atoms with E-state index in [-0.39, 0.29) is 0 Å². The van der Waals surface area contributed by atoms with Crippen molar-refractivity contribution in [3.8, 4) is 0 Å². The van der Waals surface area contributed by atoms with E-state index in [0.717, 1.165) is 0 Å². The van der Waals surface area contributed by atoms with Gasteiger partial charge < -0.3 is 5.11 Å². The lowest BCUT2D eigenvalue weighted by Gasteiger charge is -2.16. The van der Waals surface area contributed by atoms with Crippen LogP contribution in [0.25, 0.3) is 0 Å². The molecule has 19 heavy (non-hydrogen) atoms. The number of halogens is 7. The molecule has 106 valence electrons. The largest absolute Gasteiger partial charge is 0.481 e. The third-order valence-electron chi connectivity index (χ3n) is 2.10. The first-order valence-corrected chi connectivity index (χ1v) is 5.41. The Labute approximate surface area is 111 Å². The van der Waals surface area contributed by atoms with Crippen molar-refractivity contribution >= 4 is 21.9 Å². The molecule has 1 rings (SSSR count). The van der Waals surface area contributed by atoms with Gasteiger partial charge in [0.2, 0.25) is 0 Å². The van der Waals surface area contributed by atoms with Gasteiger partial charge in [0.25, 0.3) is 0 Å². The number of hydrogen-bond donors (Lipinski definition) is 1. The van der Waals surface area contributed by atoms with Crippen LogP contribution < -0.4 is 0 Å². The Morgan fingerprint density at radius 2 is 1.42 bits per heavy atom. The van der Waals surface area contributed by atoms with Gasteiger partial charge in [0.05, 0.1) is 17.5 Å². The maximum atomic E-state index is 12.6. The summed E-state index contributed by atoms with van der Waals surface area (Å²) in [5, 5.41) is 8.45. The molecule has 1 N–H and O–H groups in total. The second-order valence-electron chi connectivity index (χ2n) is 3.57. The minimum absolute atomic E-state index is 0.382. The number of carboxylic acids is 1. The lowest BCUT2D eigenvalue weighted by molar-refractivity contribution is -0.145. The minimum Gasteiger partial charge on any atom is -0.481 e. The Morgan fingerprint density at radius 3 is 1.68 bits per heavy atom. The van der Waals surface area contributed by atoms with Crippen molar-refractivity contribution in [2.75, 3.05) is 0 Å². The van der Waals surface area contributed by atoms with Gasteiger partial charge in [0.15, 0.2) is 0 Å². The van der Waals surface area contributed by atoms with Crippen molar-refractivity contribution in [3.63, 3.8) is 0 Å². The van der Waals surface area contributed by atoms with Crippen LogP contribution in [0, 0.1) is 0 Å². The number of carboxylic acid groups (broad SMARTS) is 1. The standard InChI is InChI=1S/C10H5BrF6O2/c11-8-5(9(12,13)14)1-4(3-7(18)19)2-6(8)10(15,16)17/h1-2H,3H2,(H,18,19). The summed E-state index contributed by atoms with van der Waals surface area (Å²) in [7, 11) is 0. The third-order valence-corrected chi connectivity index (χ3v) is 2.95. The first-order chi connectivity index (χ1) is 8.43. The highest BCUT2D eigenvalue weighted by Gasteiger charge is 2.40. The summed E-state index contributed by atoms with van der Waals surface area (Å²) in [6.45, 7) is 0. The fourth-order valence-electron chi connectivity index (χ4n) is 1.37. The summed E-state index contributed by atoms with van der Waals surface area (Å²) in [6, 6.07) is 0.765. The smallest absolute Gasteiger partial charge is 0.417 e. The van der Waals surface area contributed by atoms with Gasteiger partial charge >= 0.3 is 18.3 Å². The van der Waals surface area contributed by atoms with Crippen molar-refractivity contribution in [1.82, 2.24) is 0 Å². The SMILES string of the molecule is O=C(O)Cc1cc(C(F)(F)F)c(Br)c(C(F)(F)F)c1. The van der Waals surface area contributed by atoms with Gasteiger partial charge in [-0.05, 0) is 33.6 Å². The Kier molecular flexibility index (Phi) is 4.18. The summed E-state index contributed by atoms with van der Waals surface area (Å²) in [6.07, 6.45) is -11.0. The normalized spacial score (nSPS) is 12.6.